The molecule has 0 atom stereocenters. The molecule has 0 bridgehead atoms. The largest absolute Gasteiger partial charge is 0.477 e. The normalized spacial score (nSPS) is 10.5. The van der Waals surface area contributed by atoms with E-state index in [1.807, 2.05) is 0 Å². The summed E-state index contributed by atoms with van der Waals surface area (Å²) in [4.78, 5) is 22.3. The van der Waals surface area contributed by atoms with Crippen molar-refractivity contribution in [1.29, 1.82) is 0 Å². The smallest absolute Gasteiger partial charge is 0.348 e. The molecular weight excluding hydrogens is 280 g/mol. The van der Waals surface area contributed by atoms with Crippen LogP contribution in [-0.2, 0) is 0 Å². The van der Waals surface area contributed by atoms with Gasteiger partial charge in [0, 0.05) is 16.5 Å². The molecule has 1 aromatic carbocycles. The van der Waals surface area contributed by atoms with Gasteiger partial charge in [-0.05, 0) is 25.0 Å². The van der Waals surface area contributed by atoms with Crippen LogP contribution in [-0.4, -0.2) is 16.0 Å². The second-order valence-electron chi connectivity index (χ2n) is 4.36. The molecule has 104 valence electrons. The van der Waals surface area contributed by atoms with E-state index in [1.54, 1.807) is 26.0 Å². The summed E-state index contributed by atoms with van der Waals surface area (Å²) < 4.78 is 0. The van der Waals surface area contributed by atoms with E-state index in [0.717, 1.165) is 11.3 Å². The molecule has 6 nitrogen and oxygen atoms in total. The van der Waals surface area contributed by atoms with Gasteiger partial charge < -0.3 is 10.8 Å². The molecule has 0 aliphatic heterocycles. The average Bonchev–Trinajstić information content (AvgIpc) is 2.67. The minimum atomic E-state index is -1.09. The zero-order valence-corrected chi connectivity index (χ0v) is 11.7. The van der Waals surface area contributed by atoms with E-state index >= 15 is 0 Å². The predicted octanol–water partition coefficient (Wildman–Crippen LogP) is 3.22. The van der Waals surface area contributed by atoms with Crippen LogP contribution >= 0.6 is 11.3 Å². The minimum absolute atomic E-state index is 0.00532. The van der Waals surface area contributed by atoms with Crippen LogP contribution in [0.2, 0.25) is 0 Å². The van der Waals surface area contributed by atoms with Crippen LogP contribution in [0.15, 0.2) is 18.2 Å². The Kier molecular flexibility index (Phi) is 3.46. The van der Waals surface area contributed by atoms with E-state index in [2.05, 4.69) is 0 Å². The molecule has 0 spiro atoms. The highest BCUT2D eigenvalue weighted by molar-refractivity contribution is 7.18. The van der Waals surface area contributed by atoms with Gasteiger partial charge in [-0.3, -0.25) is 10.1 Å². The Bertz CT molecular complexity index is 721. The van der Waals surface area contributed by atoms with Crippen LogP contribution in [0.3, 0.4) is 0 Å². The second kappa shape index (κ2) is 4.93. The number of rotatable bonds is 3. The number of nitrogens with two attached hydrogens (primary N) is 1. The summed E-state index contributed by atoms with van der Waals surface area (Å²) >= 11 is 1.03. The Hall–Kier alpha value is -2.41. The fourth-order valence-electron chi connectivity index (χ4n) is 1.91. The van der Waals surface area contributed by atoms with Crippen molar-refractivity contribution >= 4 is 28.7 Å². The first kappa shape index (κ1) is 14.0. The van der Waals surface area contributed by atoms with Gasteiger partial charge in [0.15, 0.2) is 0 Å². The van der Waals surface area contributed by atoms with Crippen molar-refractivity contribution in [2.24, 2.45) is 0 Å². The first-order valence-corrected chi connectivity index (χ1v) is 6.52. The number of aromatic carboxylic acids is 1. The Balaban J connectivity index is 2.63. The van der Waals surface area contributed by atoms with Crippen LogP contribution in [0.1, 0.15) is 20.8 Å². The molecule has 0 saturated carbocycles. The Labute approximate surface area is 118 Å². The molecular formula is C13H12N2O4S. The topological polar surface area (TPSA) is 106 Å². The van der Waals surface area contributed by atoms with Gasteiger partial charge in [0.1, 0.15) is 4.88 Å². The lowest BCUT2D eigenvalue weighted by Crippen LogP contribution is -1.97. The van der Waals surface area contributed by atoms with Crippen LogP contribution in [0.4, 0.5) is 11.4 Å². The van der Waals surface area contributed by atoms with Gasteiger partial charge in [-0.2, -0.15) is 0 Å². The molecule has 0 radical (unpaired) electrons. The Morgan fingerprint density at radius 2 is 2.05 bits per heavy atom. The van der Waals surface area contributed by atoms with Gasteiger partial charge in [-0.1, -0.05) is 12.1 Å². The van der Waals surface area contributed by atoms with Crippen molar-refractivity contribution in [3.8, 4) is 10.4 Å². The zero-order chi connectivity index (χ0) is 15.0. The second-order valence-corrected chi connectivity index (χ2v) is 5.38. The summed E-state index contributed by atoms with van der Waals surface area (Å²) in [5, 5.41) is 20.0. The Morgan fingerprint density at radius 1 is 1.40 bits per heavy atom. The van der Waals surface area contributed by atoms with E-state index in [0.29, 0.717) is 21.6 Å². The molecule has 1 aromatic heterocycles. The van der Waals surface area contributed by atoms with Crippen molar-refractivity contribution in [1.82, 2.24) is 0 Å². The number of nitrogen functional groups attached to an aromatic ring is 1. The molecule has 1 heterocycles. The number of carboxylic acid groups (broad SMARTS) is 1. The lowest BCUT2D eigenvalue weighted by molar-refractivity contribution is -0.385. The maximum atomic E-state index is 11.1. The Morgan fingerprint density at radius 3 is 2.55 bits per heavy atom. The molecule has 20 heavy (non-hydrogen) atoms. The average molecular weight is 292 g/mol. The molecule has 2 aromatic rings. The van der Waals surface area contributed by atoms with Gasteiger partial charge >= 0.3 is 5.97 Å². The first-order valence-electron chi connectivity index (χ1n) is 5.70. The summed E-state index contributed by atoms with van der Waals surface area (Å²) in [7, 11) is 0. The van der Waals surface area contributed by atoms with E-state index in [1.165, 1.54) is 6.07 Å². The lowest BCUT2D eigenvalue weighted by atomic mass is 10.1. The molecule has 0 aliphatic rings. The van der Waals surface area contributed by atoms with Crippen molar-refractivity contribution in [2.45, 2.75) is 13.8 Å². The fraction of sp³-hybridized carbons (Fsp3) is 0.154. The van der Waals surface area contributed by atoms with Crippen molar-refractivity contribution in [3.05, 3.63) is 44.3 Å². The van der Waals surface area contributed by atoms with E-state index in [4.69, 9.17) is 10.8 Å². The molecule has 2 rings (SSSR count). The summed E-state index contributed by atoms with van der Waals surface area (Å²) in [5.74, 6) is -1.09. The third kappa shape index (κ3) is 2.23. The highest BCUT2D eigenvalue weighted by atomic mass is 32.1. The number of nitro benzene ring substituents is 1. The number of nitrogens with zero attached hydrogens (tertiary/aromatic N) is 1. The van der Waals surface area contributed by atoms with E-state index in [-0.39, 0.29) is 16.3 Å². The van der Waals surface area contributed by atoms with Crippen LogP contribution in [0.25, 0.3) is 10.4 Å². The number of carbonyl (C=O) groups is 1. The maximum Gasteiger partial charge on any atom is 0.348 e. The molecule has 0 fully saturated rings. The van der Waals surface area contributed by atoms with Crippen LogP contribution < -0.4 is 5.73 Å². The number of hydrogen-bond acceptors (Lipinski definition) is 5. The third-order valence-electron chi connectivity index (χ3n) is 3.06. The van der Waals surface area contributed by atoms with Crippen LogP contribution in [0.5, 0.6) is 0 Å². The standard InChI is InChI=1S/C13H12N2O4S/c1-6-3-4-8(5-9(6)15(18)19)11-7(2)10(14)12(20-11)13(16)17/h3-5H,14H2,1-2H3,(H,16,17). The number of benzene rings is 1. The molecule has 0 unspecified atom stereocenters. The van der Waals surface area contributed by atoms with Crippen LogP contribution in [0, 0.1) is 24.0 Å². The number of thiophene rings is 1. The zero-order valence-electron chi connectivity index (χ0n) is 10.8. The van der Waals surface area contributed by atoms with Crippen molar-refractivity contribution < 1.29 is 14.8 Å². The summed E-state index contributed by atoms with van der Waals surface area (Å²) in [5.41, 5.74) is 7.77. The SMILES string of the molecule is Cc1ccc(-c2sc(C(=O)O)c(N)c2C)cc1[N+](=O)[O-]. The number of aryl methyl sites for hydroxylation is 1. The van der Waals surface area contributed by atoms with Gasteiger partial charge in [-0.25, -0.2) is 4.79 Å². The molecule has 0 aliphatic carbocycles. The minimum Gasteiger partial charge on any atom is -0.477 e. The fourth-order valence-corrected chi connectivity index (χ4v) is 2.97. The highest BCUT2D eigenvalue weighted by Crippen LogP contribution is 2.39. The number of hydrogen-bond donors (Lipinski definition) is 2. The number of nitro groups is 1. The number of carboxylic acids is 1. The third-order valence-corrected chi connectivity index (χ3v) is 4.40. The quantitative estimate of drug-likeness (QED) is 0.667. The molecule has 7 heteroatoms. The van der Waals surface area contributed by atoms with Gasteiger partial charge in [-0.15, -0.1) is 11.3 Å². The predicted molar refractivity (Wildman–Crippen MR) is 77.3 cm³/mol. The van der Waals surface area contributed by atoms with E-state index < -0.39 is 10.9 Å². The van der Waals surface area contributed by atoms with Crippen molar-refractivity contribution in [3.63, 3.8) is 0 Å². The van der Waals surface area contributed by atoms with Gasteiger partial charge in [0.05, 0.1) is 10.6 Å². The van der Waals surface area contributed by atoms with Gasteiger partial charge in [0.2, 0.25) is 0 Å². The van der Waals surface area contributed by atoms with Gasteiger partial charge in [0.25, 0.3) is 5.69 Å². The summed E-state index contributed by atoms with van der Waals surface area (Å²) in [6.07, 6.45) is 0. The molecule has 3 N–H and O–H groups in total. The first-order chi connectivity index (χ1) is 9.32. The highest BCUT2D eigenvalue weighted by Gasteiger charge is 2.20. The monoisotopic (exact) mass is 292 g/mol. The summed E-state index contributed by atoms with van der Waals surface area (Å²) in [6, 6.07) is 4.81. The maximum absolute atomic E-state index is 11.1. The lowest BCUT2D eigenvalue weighted by Gasteiger charge is -2.02. The number of anilines is 1. The van der Waals surface area contributed by atoms with Crippen molar-refractivity contribution in [2.75, 3.05) is 5.73 Å². The molecule has 0 amide bonds. The summed E-state index contributed by atoms with van der Waals surface area (Å²) in [6.45, 7) is 3.36. The van der Waals surface area contributed by atoms with E-state index in [9.17, 15) is 14.9 Å². The molecule has 0 saturated heterocycles.